The van der Waals surface area contributed by atoms with E-state index in [9.17, 15) is 0 Å². The molecular formula is C31H29NO. The lowest BCUT2D eigenvalue weighted by Gasteiger charge is -2.22. The van der Waals surface area contributed by atoms with Gasteiger partial charge in [0.25, 0.3) is 0 Å². The Balaban J connectivity index is 1.35. The molecule has 0 spiro atoms. The van der Waals surface area contributed by atoms with Crippen LogP contribution >= 0.6 is 0 Å². The number of fused-ring (bicyclic) bond motifs is 5. The van der Waals surface area contributed by atoms with E-state index < -0.39 is 0 Å². The second-order valence-electron chi connectivity index (χ2n) is 9.80. The van der Waals surface area contributed by atoms with Crippen LogP contribution in [-0.2, 0) is 0 Å². The highest BCUT2D eigenvalue weighted by Crippen LogP contribution is 2.52. The Morgan fingerprint density at radius 3 is 2.48 bits per heavy atom. The number of nitrogens with one attached hydrogen (secondary N) is 1. The van der Waals surface area contributed by atoms with Crippen LogP contribution in [0.1, 0.15) is 55.2 Å². The fourth-order valence-corrected chi connectivity index (χ4v) is 6.26. The van der Waals surface area contributed by atoms with E-state index in [1.165, 1.54) is 37.5 Å². The molecule has 1 heterocycles. The molecule has 2 nitrogen and oxygen atoms in total. The molecule has 1 aromatic heterocycles. The summed E-state index contributed by atoms with van der Waals surface area (Å²) in [5, 5.41) is 10.0. The van der Waals surface area contributed by atoms with Gasteiger partial charge in [0, 0.05) is 22.6 Å². The van der Waals surface area contributed by atoms with Crippen molar-refractivity contribution in [1.82, 2.24) is 0 Å². The predicted molar refractivity (Wildman–Crippen MR) is 139 cm³/mol. The van der Waals surface area contributed by atoms with Crippen molar-refractivity contribution in [2.45, 2.75) is 38.5 Å². The molecule has 0 saturated heterocycles. The lowest BCUT2D eigenvalue weighted by atomic mass is 9.83. The monoisotopic (exact) mass is 431 g/mol. The summed E-state index contributed by atoms with van der Waals surface area (Å²) in [5.74, 6) is 2.60. The van der Waals surface area contributed by atoms with Gasteiger partial charge in [-0.05, 0) is 78.4 Å². The number of allylic oxidation sites excluding steroid dienone is 4. The maximum atomic E-state index is 7.72. The molecule has 0 radical (unpaired) electrons. The molecule has 2 fully saturated rings. The molecule has 2 aliphatic rings. The van der Waals surface area contributed by atoms with Gasteiger partial charge in [-0.1, -0.05) is 73.2 Å². The van der Waals surface area contributed by atoms with Gasteiger partial charge < -0.3 is 9.83 Å². The molecule has 3 atom stereocenters. The summed E-state index contributed by atoms with van der Waals surface area (Å²) < 4.78 is 6.24. The molecule has 164 valence electrons. The molecule has 6 rings (SSSR count). The smallest absolute Gasteiger partial charge is 0.142 e. The number of furan rings is 1. The largest absolute Gasteiger partial charge is 0.455 e. The molecule has 2 saturated carbocycles. The lowest BCUT2D eigenvalue weighted by Crippen LogP contribution is -2.08. The summed E-state index contributed by atoms with van der Waals surface area (Å²) in [6, 6.07) is 23.7. The van der Waals surface area contributed by atoms with Crippen LogP contribution < -0.4 is 0 Å². The molecule has 0 amide bonds. The number of hydrogen-bond acceptors (Lipinski definition) is 2. The third-order valence-electron chi connectivity index (χ3n) is 7.87. The van der Waals surface area contributed by atoms with Crippen LogP contribution in [0.5, 0.6) is 0 Å². The van der Waals surface area contributed by atoms with Crippen LogP contribution in [-0.4, -0.2) is 6.21 Å². The molecular weight excluding hydrogens is 402 g/mol. The van der Waals surface area contributed by atoms with Gasteiger partial charge in [-0.2, -0.15) is 0 Å². The lowest BCUT2D eigenvalue weighted by molar-refractivity contribution is 0.420. The van der Waals surface area contributed by atoms with Gasteiger partial charge >= 0.3 is 0 Å². The van der Waals surface area contributed by atoms with Crippen molar-refractivity contribution in [1.29, 1.82) is 5.41 Å². The average Bonchev–Trinajstić information content (AvgIpc) is 3.58. The number of hydrogen-bond donors (Lipinski definition) is 1. The first-order valence-corrected chi connectivity index (χ1v) is 12.1. The fraction of sp³-hybridized carbons (Fsp3) is 0.258. The maximum Gasteiger partial charge on any atom is 0.142 e. The first kappa shape index (κ1) is 20.2. The Morgan fingerprint density at radius 1 is 0.909 bits per heavy atom. The maximum absolute atomic E-state index is 7.72. The van der Waals surface area contributed by atoms with Crippen molar-refractivity contribution in [3.8, 4) is 0 Å². The second kappa shape index (κ2) is 8.19. The summed E-state index contributed by atoms with van der Waals surface area (Å²) in [6.45, 7) is 2.13. The molecule has 4 aromatic rings. The molecule has 2 heteroatoms. The van der Waals surface area contributed by atoms with Crippen molar-refractivity contribution < 1.29 is 4.42 Å². The van der Waals surface area contributed by atoms with Crippen LogP contribution in [0.4, 0.5) is 0 Å². The summed E-state index contributed by atoms with van der Waals surface area (Å²) in [5.41, 5.74) is 7.76. The Kier molecular flexibility index (Phi) is 5.02. The molecule has 2 aliphatic carbocycles. The summed E-state index contributed by atoms with van der Waals surface area (Å²) >= 11 is 0. The minimum Gasteiger partial charge on any atom is -0.455 e. The highest BCUT2D eigenvalue weighted by molar-refractivity contribution is 6.08. The van der Waals surface area contributed by atoms with E-state index in [2.05, 4.69) is 67.6 Å². The first-order chi connectivity index (χ1) is 16.2. The van der Waals surface area contributed by atoms with Gasteiger partial charge in [0.1, 0.15) is 11.2 Å². The second-order valence-corrected chi connectivity index (χ2v) is 9.80. The zero-order valence-corrected chi connectivity index (χ0v) is 19.1. The van der Waals surface area contributed by atoms with Crippen molar-refractivity contribution in [3.05, 3.63) is 95.6 Å². The SMILES string of the molecule is C/C(=C\C(=C/C=N)c1ccc(C2CC3CCC2C3)cc1)c1cccc2c1oc1ccccc12. The van der Waals surface area contributed by atoms with Gasteiger partial charge in [0.05, 0.1) is 0 Å². The van der Waals surface area contributed by atoms with Crippen molar-refractivity contribution in [3.63, 3.8) is 0 Å². The van der Waals surface area contributed by atoms with E-state index >= 15 is 0 Å². The van der Waals surface area contributed by atoms with Crippen LogP contribution in [0, 0.1) is 17.2 Å². The van der Waals surface area contributed by atoms with Crippen LogP contribution in [0.25, 0.3) is 33.1 Å². The minimum atomic E-state index is 0.746. The molecule has 3 aromatic carbocycles. The number of benzene rings is 3. The van der Waals surface area contributed by atoms with Crippen LogP contribution in [0.15, 0.2) is 83.3 Å². The zero-order valence-electron chi connectivity index (χ0n) is 19.1. The van der Waals surface area contributed by atoms with E-state index in [4.69, 9.17) is 9.83 Å². The van der Waals surface area contributed by atoms with Crippen molar-refractivity contribution in [2.75, 3.05) is 0 Å². The molecule has 0 aliphatic heterocycles. The highest BCUT2D eigenvalue weighted by atomic mass is 16.3. The van der Waals surface area contributed by atoms with Gasteiger partial charge in [-0.25, -0.2) is 0 Å². The molecule has 33 heavy (non-hydrogen) atoms. The predicted octanol–water partition coefficient (Wildman–Crippen LogP) is 8.63. The Hall–Kier alpha value is -3.39. The Labute approximate surface area is 195 Å². The first-order valence-electron chi connectivity index (χ1n) is 12.1. The van der Waals surface area contributed by atoms with Crippen molar-refractivity contribution in [2.24, 2.45) is 11.8 Å². The average molecular weight is 432 g/mol. The quantitative estimate of drug-likeness (QED) is 0.249. The van der Waals surface area contributed by atoms with Crippen LogP contribution in [0.3, 0.4) is 0 Å². The van der Waals surface area contributed by atoms with E-state index in [1.807, 2.05) is 18.2 Å². The van der Waals surface area contributed by atoms with E-state index in [0.717, 1.165) is 62.0 Å². The van der Waals surface area contributed by atoms with Gasteiger partial charge in [-0.15, -0.1) is 0 Å². The standard InChI is InChI=1S/C31H29NO/c1-20(26-6-4-7-28-27-5-2-3-8-30(27)33-31(26)28)17-24(15-16-32)22-11-13-23(14-12-22)29-19-21-9-10-25(29)18-21/h2-8,11-17,21,25,29,32H,9-10,18-19H2,1H3/b20-17+,24-15+,32-16?. The highest BCUT2D eigenvalue weighted by Gasteiger charge is 2.39. The summed E-state index contributed by atoms with van der Waals surface area (Å²) in [6.07, 6.45) is 11.1. The number of para-hydroxylation sites is 2. The molecule has 1 N–H and O–H groups in total. The topological polar surface area (TPSA) is 37.0 Å². The molecule has 3 unspecified atom stereocenters. The molecule has 2 bridgehead atoms. The Bertz CT molecular complexity index is 1400. The van der Waals surface area contributed by atoms with E-state index in [1.54, 1.807) is 0 Å². The van der Waals surface area contributed by atoms with Gasteiger partial charge in [-0.3, -0.25) is 0 Å². The van der Waals surface area contributed by atoms with E-state index in [-0.39, 0.29) is 0 Å². The normalized spacial score (nSPS) is 23.0. The third-order valence-corrected chi connectivity index (χ3v) is 7.87. The fourth-order valence-electron chi connectivity index (χ4n) is 6.26. The van der Waals surface area contributed by atoms with E-state index in [0.29, 0.717) is 0 Å². The summed E-state index contributed by atoms with van der Waals surface area (Å²) in [7, 11) is 0. The van der Waals surface area contributed by atoms with Gasteiger partial charge in [0.2, 0.25) is 0 Å². The van der Waals surface area contributed by atoms with Crippen molar-refractivity contribution >= 4 is 39.3 Å². The van der Waals surface area contributed by atoms with Gasteiger partial charge in [0.15, 0.2) is 0 Å². The summed E-state index contributed by atoms with van der Waals surface area (Å²) in [4.78, 5) is 0. The third kappa shape index (κ3) is 3.54. The Morgan fingerprint density at radius 2 is 1.73 bits per heavy atom. The number of rotatable bonds is 5. The minimum absolute atomic E-state index is 0.746. The van der Waals surface area contributed by atoms with Crippen LogP contribution in [0.2, 0.25) is 0 Å². The zero-order chi connectivity index (χ0) is 22.4.